The highest BCUT2D eigenvalue weighted by Gasteiger charge is 2.07. The van der Waals surface area contributed by atoms with Gasteiger partial charge in [-0.05, 0) is 30.3 Å². The highest BCUT2D eigenvalue weighted by Crippen LogP contribution is 2.25. The number of nitrogens with zero attached hydrogens (tertiary/aromatic N) is 1. The molecule has 0 aliphatic rings. The van der Waals surface area contributed by atoms with E-state index < -0.39 is 15.9 Å². The van der Waals surface area contributed by atoms with Gasteiger partial charge in [-0.3, -0.25) is 4.79 Å². The second-order valence-corrected chi connectivity index (χ2v) is 4.95. The van der Waals surface area contributed by atoms with E-state index >= 15 is 0 Å². The smallest absolute Gasteiger partial charge is 0.319 e. The van der Waals surface area contributed by atoms with Crippen molar-refractivity contribution in [3.05, 3.63) is 64.8 Å². The van der Waals surface area contributed by atoms with Crippen LogP contribution in [0.4, 0.5) is 5.88 Å². The molecule has 1 heterocycles. The first-order valence-corrected chi connectivity index (χ1v) is 7.27. The van der Waals surface area contributed by atoms with Crippen LogP contribution in [0.15, 0.2) is 68.2 Å². The van der Waals surface area contributed by atoms with E-state index in [2.05, 4.69) is 4.36 Å². The summed E-state index contributed by atoms with van der Waals surface area (Å²) in [6, 6.07) is 14.8. The fourth-order valence-corrected chi connectivity index (χ4v) is 2.17. The maximum Gasteiger partial charge on any atom is 0.319 e. The first-order valence-electron chi connectivity index (χ1n) is 6.24. The summed E-state index contributed by atoms with van der Waals surface area (Å²) in [7, 11) is -2.68. The Kier molecular flexibility index (Phi) is 3.71. The molecule has 0 atom stereocenters. The van der Waals surface area contributed by atoms with Crippen LogP contribution < -0.4 is 10.2 Å². The van der Waals surface area contributed by atoms with Gasteiger partial charge in [-0.25, -0.2) is 0 Å². The minimum Gasteiger partial charge on any atom is -0.457 e. The van der Waals surface area contributed by atoms with Crippen LogP contribution in [0.2, 0.25) is 0 Å². The summed E-state index contributed by atoms with van der Waals surface area (Å²) in [5.74, 6) is 0.852. The fraction of sp³-hybridized carbons (Fsp3) is 0. The number of hydrogen-bond acceptors (Lipinski definition) is 6. The molecule has 0 saturated heterocycles. The number of benzene rings is 2. The van der Waals surface area contributed by atoms with Crippen LogP contribution in [0.1, 0.15) is 0 Å². The summed E-state index contributed by atoms with van der Waals surface area (Å²) >= 11 is 0. The molecule has 0 aliphatic carbocycles. The molecule has 22 heavy (non-hydrogen) atoms. The molecule has 0 bridgehead atoms. The minimum atomic E-state index is -2.68. The molecule has 0 N–H and O–H groups in total. The number of rotatable bonds is 3. The van der Waals surface area contributed by atoms with Gasteiger partial charge in [0, 0.05) is 0 Å². The second-order valence-electron chi connectivity index (χ2n) is 4.33. The lowest BCUT2D eigenvalue weighted by molar-refractivity contribution is 0.483. The summed E-state index contributed by atoms with van der Waals surface area (Å²) in [5, 5.41) is 0.282. The Balaban J connectivity index is 2.05. The lowest BCUT2D eigenvalue weighted by atomic mass is 10.2. The van der Waals surface area contributed by atoms with Crippen LogP contribution in [0.3, 0.4) is 0 Å². The molecular formula is C15H9NO5S. The maximum absolute atomic E-state index is 12.0. The predicted octanol–water partition coefficient (Wildman–Crippen LogP) is 3.28. The van der Waals surface area contributed by atoms with Gasteiger partial charge in [-0.1, -0.05) is 22.6 Å². The number of hydrogen-bond donors (Lipinski definition) is 0. The summed E-state index contributed by atoms with van der Waals surface area (Å²) in [6.07, 6.45) is 0. The Morgan fingerprint density at radius 3 is 2.45 bits per heavy atom. The molecule has 110 valence electrons. The van der Waals surface area contributed by atoms with Crippen LogP contribution in [0.5, 0.6) is 11.5 Å². The van der Waals surface area contributed by atoms with Crippen molar-refractivity contribution in [1.82, 2.24) is 0 Å². The molecule has 2 aromatic carbocycles. The quantitative estimate of drug-likeness (QED) is 0.740. The van der Waals surface area contributed by atoms with Gasteiger partial charge in [0.25, 0.3) is 0 Å². The van der Waals surface area contributed by atoms with E-state index in [4.69, 9.17) is 9.15 Å². The monoisotopic (exact) mass is 315 g/mol. The molecule has 0 saturated carbocycles. The van der Waals surface area contributed by atoms with Gasteiger partial charge in [0.15, 0.2) is 5.43 Å². The molecule has 0 aliphatic heterocycles. The highest BCUT2D eigenvalue weighted by atomic mass is 32.2. The van der Waals surface area contributed by atoms with Gasteiger partial charge in [-0.15, -0.1) is 0 Å². The van der Waals surface area contributed by atoms with Gasteiger partial charge in [0.05, 0.1) is 11.5 Å². The third-order valence-electron chi connectivity index (χ3n) is 2.83. The van der Waals surface area contributed by atoms with Crippen LogP contribution in [0, 0.1) is 0 Å². The third-order valence-corrected chi connectivity index (χ3v) is 3.16. The maximum atomic E-state index is 12.0. The Bertz CT molecular complexity index is 1010. The van der Waals surface area contributed by atoms with Crippen LogP contribution in [-0.2, 0) is 10.5 Å². The van der Waals surface area contributed by atoms with Gasteiger partial charge in [-0.2, -0.15) is 8.42 Å². The van der Waals surface area contributed by atoms with Gasteiger partial charge in [0.1, 0.15) is 17.1 Å². The molecule has 0 spiro atoms. The molecule has 6 nitrogen and oxygen atoms in total. The van der Waals surface area contributed by atoms with Crippen molar-refractivity contribution in [1.29, 1.82) is 0 Å². The molecule has 0 radical (unpaired) electrons. The van der Waals surface area contributed by atoms with Gasteiger partial charge >= 0.3 is 10.5 Å². The zero-order valence-electron chi connectivity index (χ0n) is 11.1. The van der Waals surface area contributed by atoms with E-state index in [1.54, 1.807) is 18.2 Å². The summed E-state index contributed by atoms with van der Waals surface area (Å²) in [4.78, 5) is 12.0. The first kappa shape index (κ1) is 14.0. The Morgan fingerprint density at radius 2 is 1.73 bits per heavy atom. The zero-order chi connectivity index (χ0) is 15.5. The molecule has 0 amide bonds. The number of para-hydroxylation sites is 1. The number of fused-ring (bicyclic) bond motifs is 1. The van der Waals surface area contributed by atoms with Crippen LogP contribution >= 0.6 is 0 Å². The lowest BCUT2D eigenvalue weighted by Crippen LogP contribution is -1.98. The number of ether oxygens (including phenoxy) is 1. The van der Waals surface area contributed by atoms with Crippen LogP contribution in [-0.4, -0.2) is 8.42 Å². The van der Waals surface area contributed by atoms with Crippen molar-refractivity contribution in [2.24, 2.45) is 4.36 Å². The molecule has 7 heteroatoms. The summed E-state index contributed by atoms with van der Waals surface area (Å²) in [6.45, 7) is 0. The second kappa shape index (κ2) is 5.82. The van der Waals surface area contributed by atoms with E-state index in [1.807, 2.05) is 18.2 Å². The van der Waals surface area contributed by atoms with Crippen molar-refractivity contribution in [2.45, 2.75) is 0 Å². The lowest BCUT2D eigenvalue weighted by Gasteiger charge is -2.06. The third kappa shape index (κ3) is 3.04. The SMILES string of the molecule is O=c1cc(N=S(=O)=O)oc2ccc(Oc3ccccc3)cc12. The average Bonchev–Trinajstić information content (AvgIpc) is 2.48. The van der Waals surface area contributed by atoms with E-state index in [0.717, 1.165) is 6.07 Å². The predicted molar refractivity (Wildman–Crippen MR) is 80.0 cm³/mol. The Morgan fingerprint density at radius 1 is 0.955 bits per heavy atom. The van der Waals surface area contributed by atoms with E-state index in [9.17, 15) is 13.2 Å². The molecule has 3 rings (SSSR count). The highest BCUT2D eigenvalue weighted by molar-refractivity contribution is 7.61. The normalized spacial score (nSPS) is 10.4. The zero-order valence-corrected chi connectivity index (χ0v) is 11.9. The summed E-state index contributed by atoms with van der Waals surface area (Å²) < 4.78 is 35.1. The van der Waals surface area contributed by atoms with Crippen molar-refractivity contribution in [3.63, 3.8) is 0 Å². The first-order chi connectivity index (χ1) is 10.6. The molecule has 1 aromatic heterocycles. The van der Waals surface area contributed by atoms with E-state index in [-0.39, 0.29) is 16.9 Å². The van der Waals surface area contributed by atoms with E-state index in [1.165, 1.54) is 12.1 Å². The van der Waals surface area contributed by atoms with Gasteiger partial charge in [0.2, 0.25) is 5.88 Å². The topological polar surface area (TPSA) is 85.9 Å². The van der Waals surface area contributed by atoms with Crippen LogP contribution in [0.25, 0.3) is 11.0 Å². The van der Waals surface area contributed by atoms with Crippen molar-refractivity contribution in [2.75, 3.05) is 0 Å². The standard InChI is InChI=1S/C15H9NO5S/c17-13-9-15(16-22(18)19)21-14-7-6-11(8-12(13)14)20-10-4-2-1-3-5-10/h1-9H. The van der Waals surface area contributed by atoms with Crippen molar-refractivity contribution < 1.29 is 17.6 Å². The molecular weight excluding hydrogens is 306 g/mol. The molecule has 0 unspecified atom stereocenters. The average molecular weight is 315 g/mol. The largest absolute Gasteiger partial charge is 0.457 e. The Labute approximate surface area is 126 Å². The van der Waals surface area contributed by atoms with Crippen molar-refractivity contribution >= 4 is 27.4 Å². The minimum absolute atomic E-state index is 0.233. The summed E-state index contributed by atoms with van der Waals surface area (Å²) in [5.41, 5.74) is -0.166. The fourth-order valence-electron chi connectivity index (χ4n) is 1.93. The molecule has 0 fully saturated rings. The Hall–Kier alpha value is -2.93. The van der Waals surface area contributed by atoms with Gasteiger partial charge < -0.3 is 9.15 Å². The molecule has 3 aromatic rings. The van der Waals surface area contributed by atoms with E-state index in [0.29, 0.717) is 11.5 Å². The van der Waals surface area contributed by atoms with Crippen molar-refractivity contribution in [3.8, 4) is 11.5 Å².